The third-order valence-corrected chi connectivity index (χ3v) is 5.16. The van der Waals surface area contributed by atoms with Crippen molar-refractivity contribution in [3.8, 4) is 5.75 Å². The second kappa shape index (κ2) is 7.54. The maximum atomic E-state index is 12.8. The monoisotopic (exact) mass is 373 g/mol. The van der Waals surface area contributed by atoms with E-state index in [2.05, 4.69) is 23.7 Å². The van der Waals surface area contributed by atoms with Crippen LogP contribution < -0.4 is 4.90 Å². The molecule has 6 heteroatoms. The fourth-order valence-corrected chi connectivity index (χ4v) is 3.37. The van der Waals surface area contributed by atoms with Gasteiger partial charge in [0.25, 0.3) is 0 Å². The van der Waals surface area contributed by atoms with E-state index in [1.807, 2.05) is 29.2 Å². The molecule has 0 saturated carbocycles. The van der Waals surface area contributed by atoms with Crippen LogP contribution in [0.3, 0.4) is 0 Å². The normalized spacial score (nSPS) is 15.2. The van der Waals surface area contributed by atoms with Gasteiger partial charge in [-0.2, -0.15) is 0 Å². The van der Waals surface area contributed by atoms with Gasteiger partial charge in [0.1, 0.15) is 11.6 Å². The number of pyridine rings is 1. The second-order valence-corrected chi connectivity index (χ2v) is 7.75. The predicted molar refractivity (Wildman–Crippen MR) is 104 cm³/mol. The number of hydrogen-bond acceptors (Lipinski definition) is 4. The summed E-state index contributed by atoms with van der Waals surface area (Å²) >= 11 is 5.96. The van der Waals surface area contributed by atoms with Crippen molar-refractivity contribution in [2.45, 2.75) is 25.7 Å². The van der Waals surface area contributed by atoms with E-state index in [0.29, 0.717) is 24.5 Å². The molecule has 1 fully saturated rings. The van der Waals surface area contributed by atoms with E-state index in [4.69, 9.17) is 11.6 Å². The van der Waals surface area contributed by atoms with Gasteiger partial charge in [-0.1, -0.05) is 37.6 Å². The highest BCUT2D eigenvalue weighted by Gasteiger charge is 2.29. The first-order valence-corrected chi connectivity index (χ1v) is 9.17. The van der Waals surface area contributed by atoms with E-state index in [9.17, 15) is 9.90 Å². The van der Waals surface area contributed by atoms with E-state index in [-0.39, 0.29) is 17.1 Å². The van der Waals surface area contributed by atoms with Crippen LogP contribution in [0.25, 0.3) is 0 Å². The Morgan fingerprint density at radius 3 is 2.35 bits per heavy atom. The summed E-state index contributed by atoms with van der Waals surface area (Å²) in [5, 5.41) is 10.0. The van der Waals surface area contributed by atoms with Crippen molar-refractivity contribution >= 4 is 23.3 Å². The van der Waals surface area contributed by atoms with Crippen molar-refractivity contribution in [1.29, 1.82) is 0 Å². The molecule has 2 aromatic rings. The molecule has 3 rings (SSSR count). The summed E-state index contributed by atoms with van der Waals surface area (Å²) in [5.41, 5.74) is 0.874. The highest BCUT2D eigenvalue weighted by molar-refractivity contribution is 6.30. The third kappa shape index (κ3) is 4.28. The zero-order valence-corrected chi connectivity index (χ0v) is 15.9. The quantitative estimate of drug-likeness (QED) is 0.891. The molecule has 1 amide bonds. The van der Waals surface area contributed by atoms with Crippen molar-refractivity contribution in [3.63, 3.8) is 0 Å². The first-order valence-electron chi connectivity index (χ1n) is 8.79. The van der Waals surface area contributed by atoms with Crippen LogP contribution in [-0.2, 0) is 10.2 Å². The Balaban J connectivity index is 1.58. The van der Waals surface area contributed by atoms with Gasteiger partial charge in [-0.15, -0.1) is 0 Å². The molecule has 26 heavy (non-hydrogen) atoms. The Morgan fingerprint density at radius 1 is 1.12 bits per heavy atom. The Kier molecular flexibility index (Phi) is 5.37. The SMILES string of the molecule is CC(C)(CC(=O)N1CCN(c2ccc(O)cn2)CC1)c1ccc(Cl)cc1. The van der Waals surface area contributed by atoms with E-state index >= 15 is 0 Å². The van der Waals surface area contributed by atoms with Gasteiger partial charge in [0, 0.05) is 37.6 Å². The highest BCUT2D eigenvalue weighted by Crippen LogP contribution is 2.29. The number of aromatic hydroxyl groups is 1. The van der Waals surface area contributed by atoms with Gasteiger partial charge in [-0.3, -0.25) is 4.79 Å². The summed E-state index contributed by atoms with van der Waals surface area (Å²) < 4.78 is 0. The van der Waals surface area contributed by atoms with Crippen LogP contribution in [0, 0.1) is 0 Å². The fourth-order valence-electron chi connectivity index (χ4n) is 3.24. The molecule has 1 N–H and O–H groups in total. The lowest BCUT2D eigenvalue weighted by Gasteiger charge is -2.37. The molecule has 0 atom stereocenters. The molecule has 1 aliphatic rings. The maximum Gasteiger partial charge on any atom is 0.223 e. The van der Waals surface area contributed by atoms with Crippen molar-refractivity contribution in [2.75, 3.05) is 31.1 Å². The van der Waals surface area contributed by atoms with E-state index in [0.717, 1.165) is 24.5 Å². The minimum atomic E-state index is -0.239. The van der Waals surface area contributed by atoms with Gasteiger partial charge in [0.2, 0.25) is 5.91 Å². The Morgan fingerprint density at radius 2 is 1.77 bits per heavy atom. The van der Waals surface area contributed by atoms with Crippen molar-refractivity contribution in [3.05, 3.63) is 53.2 Å². The smallest absolute Gasteiger partial charge is 0.223 e. The van der Waals surface area contributed by atoms with Crippen molar-refractivity contribution < 1.29 is 9.90 Å². The molecule has 5 nitrogen and oxygen atoms in total. The third-order valence-electron chi connectivity index (χ3n) is 4.91. The zero-order chi connectivity index (χ0) is 18.7. The molecular weight excluding hydrogens is 350 g/mol. The number of rotatable bonds is 4. The molecule has 0 bridgehead atoms. The summed E-state index contributed by atoms with van der Waals surface area (Å²) in [4.78, 5) is 21.1. The summed E-state index contributed by atoms with van der Waals surface area (Å²) in [6, 6.07) is 11.2. The van der Waals surface area contributed by atoms with Crippen LogP contribution in [0.15, 0.2) is 42.6 Å². The van der Waals surface area contributed by atoms with Crippen LogP contribution in [-0.4, -0.2) is 47.1 Å². The minimum Gasteiger partial charge on any atom is -0.506 e. The molecule has 0 spiro atoms. The van der Waals surface area contributed by atoms with Gasteiger partial charge in [0.15, 0.2) is 0 Å². The first kappa shape index (κ1) is 18.5. The molecule has 1 aromatic carbocycles. The van der Waals surface area contributed by atoms with E-state index < -0.39 is 0 Å². The van der Waals surface area contributed by atoms with Crippen LogP contribution in [0.4, 0.5) is 5.82 Å². The molecular formula is C20H24ClN3O2. The Bertz CT molecular complexity index is 752. The number of carbonyl (C=O) groups excluding carboxylic acids is 1. The van der Waals surface area contributed by atoms with Crippen LogP contribution in [0.5, 0.6) is 5.75 Å². The lowest BCUT2D eigenvalue weighted by Crippen LogP contribution is -2.50. The summed E-state index contributed by atoms with van der Waals surface area (Å²) in [6.07, 6.45) is 1.91. The van der Waals surface area contributed by atoms with Crippen molar-refractivity contribution in [2.24, 2.45) is 0 Å². The zero-order valence-electron chi connectivity index (χ0n) is 15.2. The average molecular weight is 374 g/mol. The Labute approximate surface area is 159 Å². The molecule has 0 aliphatic carbocycles. The number of benzene rings is 1. The Hall–Kier alpha value is -2.27. The number of piperazine rings is 1. The molecule has 1 aromatic heterocycles. The number of aromatic nitrogens is 1. The maximum absolute atomic E-state index is 12.8. The topological polar surface area (TPSA) is 56.7 Å². The fraction of sp³-hybridized carbons (Fsp3) is 0.400. The van der Waals surface area contributed by atoms with Crippen LogP contribution in [0.1, 0.15) is 25.8 Å². The number of anilines is 1. The molecule has 138 valence electrons. The summed E-state index contributed by atoms with van der Waals surface area (Å²) in [5.74, 6) is 1.16. The predicted octanol–water partition coefficient (Wildman–Crippen LogP) is 3.46. The van der Waals surface area contributed by atoms with Gasteiger partial charge in [0.05, 0.1) is 6.20 Å². The number of halogens is 1. The van der Waals surface area contributed by atoms with Crippen LogP contribution in [0.2, 0.25) is 5.02 Å². The van der Waals surface area contributed by atoms with Gasteiger partial charge < -0.3 is 14.9 Å². The molecule has 0 radical (unpaired) electrons. The highest BCUT2D eigenvalue weighted by atomic mass is 35.5. The summed E-state index contributed by atoms with van der Waals surface area (Å²) in [6.45, 7) is 7.02. The largest absolute Gasteiger partial charge is 0.506 e. The standard InChI is InChI=1S/C20H24ClN3O2/c1-20(2,15-3-5-16(21)6-4-15)13-19(26)24-11-9-23(10-12-24)18-8-7-17(25)14-22-18/h3-8,14,25H,9-13H2,1-2H3. The molecule has 1 saturated heterocycles. The van der Waals surface area contributed by atoms with E-state index in [1.54, 1.807) is 12.1 Å². The molecule has 2 heterocycles. The van der Waals surface area contributed by atoms with Gasteiger partial charge in [-0.25, -0.2) is 4.98 Å². The van der Waals surface area contributed by atoms with Crippen LogP contribution >= 0.6 is 11.6 Å². The average Bonchev–Trinajstić information content (AvgIpc) is 2.62. The first-order chi connectivity index (χ1) is 12.3. The lowest BCUT2D eigenvalue weighted by molar-refractivity contribution is -0.132. The van der Waals surface area contributed by atoms with Gasteiger partial charge >= 0.3 is 0 Å². The van der Waals surface area contributed by atoms with Crippen molar-refractivity contribution in [1.82, 2.24) is 9.88 Å². The lowest BCUT2D eigenvalue weighted by atomic mass is 9.81. The second-order valence-electron chi connectivity index (χ2n) is 7.31. The molecule has 1 aliphatic heterocycles. The number of nitrogens with zero attached hydrogens (tertiary/aromatic N) is 3. The number of carbonyl (C=O) groups is 1. The number of amides is 1. The van der Waals surface area contributed by atoms with Gasteiger partial charge in [-0.05, 0) is 35.2 Å². The minimum absolute atomic E-state index is 0.159. The molecule has 0 unspecified atom stereocenters. The number of hydrogen-bond donors (Lipinski definition) is 1. The van der Waals surface area contributed by atoms with E-state index in [1.165, 1.54) is 6.20 Å². The summed E-state index contributed by atoms with van der Waals surface area (Å²) in [7, 11) is 0.